The highest BCUT2D eigenvalue weighted by atomic mass is 16.4. The second-order valence-corrected chi connectivity index (χ2v) is 10.4. The summed E-state index contributed by atoms with van der Waals surface area (Å²) in [6.07, 6.45) is 2.42. The molecule has 0 fully saturated rings. The van der Waals surface area contributed by atoms with E-state index in [0.717, 1.165) is 0 Å². The highest BCUT2D eigenvalue weighted by Gasteiger charge is 2.40. The van der Waals surface area contributed by atoms with Gasteiger partial charge in [-0.2, -0.15) is 0 Å². The number of nitrogens with zero attached hydrogens (tertiary/aromatic N) is 2. The first-order valence-electron chi connectivity index (χ1n) is 14.1. The maximum atomic E-state index is 12.8. The first-order chi connectivity index (χ1) is 21.7. The number of carboxylic acids is 1. The zero-order chi connectivity index (χ0) is 32.0. The van der Waals surface area contributed by atoms with Crippen LogP contribution in [0.3, 0.4) is 0 Å². The molecule has 5 aromatic rings. The number of aliphatic hydroxyl groups excluding tert-OH is 1. The lowest BCUT2D eigenvalue weighted by molar-refractivity contribution is -0.155. The van der Waals surface area contributed by atoms with Crippen molar-refractivity contribution in [3.8, 4) is 17.0 Å². The predicted molar refractivity (Wildman–Crippen MR) is 166 cm³/mol. The predicted octanol–water partition coefficient (Wildman–Crippen LogP) is 2.45. The van der Waals surface area contributed by atoms with E-state index in [4.69, 9.17) is 0 Å². The van der Waals surface area contributed by atoms with Crippen molar-refractivity contribution in [3.05, 3.63) is 124 Å². The first-order valence-corrected chi connectivity index (χ1v) is 14.1. The number of aromatic amines is 1. The number of fused-ring (bicyclic) bond motifs is 1. The van der Waals surface area contributed by atoms with Gasteiger partial charge < -0.3 is 36.0 Å². The fraction of sp³-hybridized carbons (Fsp3) is 0.182. The van der Waals surface area contributed by atoms with Crippen LogP contribution in [0.5, 0.6) is 5.75 Å². The van der Waals surface area contributed by atoms with Crippen LogP contribution >= 0.6 is 0 Å². The SMILES string of the molecule is O=C(NCCCNCC(O)c1ccc(O)c2[nH]c(=O)ccc12)c1cncc(-c2cccc(C(O)(C(=O)O)c3ccccc3)c2)n1. The summed E-state index contributed by atoms with van der Waals surface area (Å²) in [5.41, 5.74) is -0.647. The summed E-state index contributed by atoms with van der Waals surface area (Å²) in [5.74, 6) is -1.96. The van der Waals surface area contributed by atoms with E-state index < -0.39 is 23.6 Å². The second-order valence-electron chi connectivity index (χ2n) is 10.4. The lowest BCUT2D eigenvalue weighted by atomic mass is 9.85. The van der Waals surface area contributed by atoms with Gasteiger partial charge in [0.15, 0.2) is 0 Å². The van der Waals surface area contributed by atoms with Gasteiger partial charge in [-0.05, 0) is 42.3 Å². The van der Waals surface area contributed by atoms with E-state index in [1.54, 1.807) is 42.5 Å². The normalized spacial score (nSPS) is 13.2. The maximum Gasteiger partial charge on any atom is 0.345 e. The first kappa shape index (κ1) is 31.0. The molecule has 2 unspecified atom stereocenters. The summed E-state index contributed by atoms with van der Waals surface area (Å²) in [7, 11) is 0. The number of carbonyl (C=O) groups is 2. The molecule has 45 heavy (non-hydrogen) atoms. The molecule has 2 aromatic heterocycles. The summed E-state index contributed by atoms with van der Waals surface area (Å²) in [4.78, 5) is 47.7. The number of carboxylic acid groups (broad SMARTS) is 1. The van der Waals surface area contributed by atoms with Crippen LogP contribution in [0.4, 0.5) is 0 Å². The van der Waals surface area contributed by atoms with E-state index in [1.165, 1.54) is 48.8 Å². The largest absolute Gasteiger partial charge is 0.506 e. The summed E-state index contributed by atoms with van der Waals surface area (Å²) in [5, 5.41) is 48.3. The number of carbonyl (C=O) groups excluding carboxylic acids is 1. The second kappa shape index (κ2) is 13.5. The summed E-state index contributed by atoms with van der Waals surface area (Å²) in [6.45, 7) is 1.01. The van der Waals surface area contributed by atoms with Crippen molar-refractivity contribution in [2.75, 3.05) is 19.6 Å². The minimum absolute atomic E-state index is 0.0649. The van der Waals surface area contributed by atoms with E-state index in [-0.39, 0.29) is 40.2 Å². The van der Waals surface area contributed by atoms with E-state index in [1.807, 2.05) is 0 Å². The standard InChI is InChI=1S/C33H31N5O7/c39-27-12-10-23(24-11-13-29(41)38-30(24)27)28(40)19-34-14-5-15-36-31(42)26-18-35-17-25(37-26)20-6-4-9-22(16-20)33(45,32(43)44)21-7-2-1-3-8-21/h1-4,6-13,16-18,28,34,39-40,45H,5,14-15,19H2,(H,36,42)(H,38,41)(H,43,44). The number of aromatic hydroxyl groups is 1. The molecule has 1 amide bonds. The van der Waals surface area contributed by atoms with Gasteiger partial charge in [0.2, 0.25) is 11.2 Å². The van der Waals surface area contributed by atoms with Gasteiger partial charge in [-0.1, -0.05) is 54.6 Å². The third kappa shape index (κ3) is 6.73. The molecule has 2 heterocycles. The number of aromatic nitrogens is 3. The number of amides is 1. The van der Waals surface area contributed by atoms with Crippen LogP contribution in [0.2, 0.25) is 0 Å². The van der Waals surface area contributed by atoms with E-state index >= 15 is 0 Å². The number of hydrogen-bond donors (Lipinski definition) is 7. The molecule has 2 atom stereocenters. The Morgan fingerprint density at radius 3 is 2.49 bits per heavy atom. The molecule has 12 nitrogen and oxygen atoms in total. The Bertz CT molecular complexity index is 1900. The molecule has 0 saturated carbocycles. The van der Waals surface area contributed by atoms with E-state index in [2.05, 4.69) is 25.6 Å². The topological polar surface area (TPSA) is 198 Å². The fourth-order valence-electron chi connectivity index (χ4n) is 5.02. The molecule has 0 aliphatic carbocycles. The lowest BCUT2D eigenvalue weighted by Crippen LogP contribution is -2.36. The average molecular weight is 610 g/mol. The van der Waals surface area contributed by atoms with Crippen LogP contribution in [-0.4, -0.2) is 66.9 Å². The Balaban J connectivity index is 1.17. The molecule has 0 radical (unpaired) electrons. The summed E-state index contributed by atoms with van der Waals surface area (Å²) in [6, 6.07) is 20.3. The highest BCUT2D eigenvalue weighted by molar-refractivity contribution is 5.92. The van der Waals surface area contributed by atoms with E-state index in [9.17, 15) is 34.8 Å². The Hall–Kier alpha value is -5.43. The van der Waals surface area contributed by atoms with Crippen LogP contribution in [0.15, 0.2) is 96.1 Å². The van der Waals surface area contributed by atoms with Crippen LogP contribution in [-0.2, 0) is 10.4 Å². The van der Waals surface area contributed by atoms with Crippen LogP contribution in [0, 0.1) is 0 Å². The Labute approximate surface area is 257 Å². The van der Waals surface area contributed by atoms with Gasteiger partial charge in [-0.25, -0.2) is 9.78 Å². The zero-order valence-corrected chi connectivity index (χ0v) is 24.0. The quantitative estimate of drug-likeness (QED) is 0.103. The van der Waals surface area contributed by atoms with Crippen LogP contribution < -0.4 is 16.2 Å². The third-order valence-electron chi connectivity index (χ3n) is 7.36. The smallest absolute Gasteiger partial charge is 0.345 e. The van der Waals surface area contributed by atoms with Crippen molar-refractivity contribution >= 4 is 22.8 Å². The molecular weight excluding hydrogens is 578 g/mol. The number of pyridine rings is 1. The van der Waals surface area contributed by atoms with Gasteiger partial charge in [0.05, 0.1) is 29.7 Å². The van der Waals surface area contributed by atoms with E-state index in [0.29, 0.717) is 41.7 Å². The van der Waals surface area contributed by atoms with Gasteiger partial charge in [-0.3, -0.25) is 14.6 Å². The van der Waals surface area contributed by atoms with Crippen molar-refractivity contribution in [1.82, 2.24) is 25.6 Å². The molecule has 0 aliphatic rings. The van der Waals surface area contributed by atoms with Crippen molar-refractivity contribution in [3.63, 3.8) is 0 Å². The lowest BCUT2D eigenvalue weighted by Gasteiger charge is -2.25. The molecule has 5 rings (SSSR count). The summed E-state index contributed by atoms with van der Waals surface area (Å²) < 4.78 is 0. The molecule has 3 aromatic carbocycles. The number of rotatable bonds is 12. The van der Waals surface area contributed by atoms with Gasteiger partial charge in [-0.15, -0.1) is 0 Å². The van der Waals surface area contributed by atoms with Gasteiger partial charge >= 0.3 is 5.97 Å². The van der Waals surface area contributed by atoms with Gasteiger partial charge in [0, 0.05) is 35.7 Å². The Morgan fingerprint density at radius 2 is 1.71 bits per heavy atom. The van der Waals surface area contributed by atoms with Gasteiger partial charge in [0.1, 0.15) is 11.4 Å². The number of nitrogens with one attached hydrogen (secondary N) is 3. The average Bonchev–Trinajstić information content (AvgIpc) is 3.06. The van der Waals surface area contributed by atoms with Crippen LogP contribution in [0.1, 0.15) is 39.7 Å². The molecule has 230 valence electrons. The molecule has 12 heteroatoms. The summed E-state index contributed by atoms with van der Waals surface area (Å²) >= 11 is 0. The number of H-pyrrole nitrogens is 1. The molecule has 0 aliphatic heterocycles. The number of aliphatic hydroxyl groups is 2. The number of phenolic OH excluding ortho intramolecular Hbond substituents is 1. The molecule has 0 bridgehead atoms. The zero-order valence-electron chi connectivity index (χ0n) is 24.0. The Kier molecular flexibility index (Phi) is 9.28. The monoisotopic (exact) mass is 609 g/mol. The van der Waals surface area contributed by atoms with Crippen molar-refractivity contribution < 1.29 is 30.0 Å². The molecule has 0 spiro atoms. The fourth-order valence-corrected chi connectivity index (χ4v) is 5.02. The highest BCUT2D eigenvalue weighted by Crippen LogP contribution is 2.32. The number of phenols is 1. The van der Waals surface area contributed by atoms with Crippen molar-refractivity contribution in [2.24, 2.45) is 0 Å². The third-order valence-corrected chi connectivity index (χ3v) is 7.36. The number of aliphatic carboxylic acids is 1. The number of hydrogen-bond acceptors (Lipinski definition) is 9. The number of benzene rings is 3. The molecule has 7 N–H and O–H groups in total. The molecular formula is C33H31N5O7. The minimum Gasteiger partial charge on any atom is -0.506 e. The van der Waals surface area contributed by atoms with Crippen LogP contribution in [0.25, 0.3) is 22.2 Å². The van der Waals surface area contributed by atoms with Crippen molar-refractivity contribution in [1.29, 1.82) is 0 Å². The van der Waals surface area contributed by atoms with Crippen molar-refractivity contribution in [2.45, 2.75) is 18.1 Å². The maximum absolute atomic E-state index is 12.8. The van der Waals surface area contributed by atoms with Gasteiger partial charge in [0.25, 0.3) is 5.91 Å². The molecule has 0 saturated heterocycles. The Morgan fingerprint density at radius 1 is 0.933 bits per heavy atom. The minimum atomic E-state index is -2.29.